The van der Waals surface area contributed by atoms with E-state index in [0.29, 0.717) is 17.5 Å². The van der Waals surface area contributed by atoms with Crippen molar-refractivity contribution in [3.05, 3.63) is 188 Å². The maximum Gasteiger partial charge on any atom is 0.164 e. The van der Waals surface area contributed by atoms with Crippen LogP contribution in [-0.4, -0.2) is 15.0 Å². The number of para-hydroxylation sites is 1. The summed E-state index contributed by atoms with van der Waals surface area (Å²) >= 11 is 0. The van der Waals surface area contributed by atoms with Crippen LogP contribution in [-0.2, 0) is 0 Å². The summed E-state index contributed by atoms with van der Waals surface area (Å²) in [7, 11) is 0. The van der Waals surface area contributed by atoms with Crippen molar-refractivity contribution in [2.24, 2.45) is 0 Å². The molecule has 11 rings (SSSR count). The minimum atomic E-state index is 0.584. The first kappa shape index (κ1) is 31.9. The van der Waals surface area contributed by atoms with Crippen molar-refractivity contribution in [2.75, 3.05) is 0 Å². The van der Waals surface area contributed by atoms with Crippen LogP contribution in [0.15, 0.2) is 197 Å². The minimum absolute atomic E-state index is 0.584. The second kappa shape index (κ2) is 13.0. The molecule has 0 atom stereocenters. The summed E-state index contributed by atoms with van der Waals surface area (Å²) < 4.78 is 13.1. The average molecular weight is 718 g/mol. The number of furan rings is 2. The molecular weight excluding hydrogens is 687 g/mol. The van der Waals surface area contributed by atoms with Gasteiger partial charge in [0.05, 0.1) is 0 Å². The molecule has 11 aromatic rings. The van der Waals surface area contributed by atoms with E-state index in [4.69, 9.17) is 23.8 Å². The number of aromatic nitrogens is 3. The maximum absolute atomic E-state index is 6.64. The second-order valence-electron chi connectivity index (χ2n) is 14.0. The highest BCUT2D eigenvalue weighted by Crippen LogP contribution is 2.42. The van der Waals surface area contributed by atoms with Crippen LogP contribution >= 0.6 is 0 Å². The molecule has 0 aliphatic heterocycles. The zero-order chi connectivity index (χ0) is 37.0. The van der Waals surface area contributed by atoms with E-state index >= 15 is 0 Å². The SMILES string of the molecule is c1ccc(-c2cccc(-c3nc(-c4ccccc4)nc(-c4cccc5oc6cc(-c7cc(-c8ccccc8)c8oc9ccccc9c8c7)ccc6c45)n3)c2)cc1. The van der Waals surface area contributed by atoms with Gasteiger partial charge in [-0.15, -0.1) is 0 Å². The molecule has 5 nitrogen and oxygen atoms in total. The third-order valence-electron chi connectivity index (χ3n) is 10.5. The third-order valence-corrected chi connectivity index (χ3v) is 10.5. The fourth-order valence-electron chi connectivity index (χ4n) is 7.83. The first-order valence-corrected chi connectivity index (χ1v) is 18.7. The molecule has 0 aliphatic rings. The Bertz CT molecular complexity index is 3240. The van der Waals surface area contributed by atoms with Gasteiger partial charge in [-0.1, -0.05) is 146 Å². The Balaban J connectivity index is 1.08. The van der Waals surface area contributed by atoms with Crippen molar-refractivity contribution in [2.45, 2.75) is 0 Å². The van der Waals surface area contributed by atoms with Gasteiger partial charge in [-0.25, -0.2) is 15.0 Å². The molecule has 0 spiro atoms. The fraction of sp³-hybridized carbons (Fsp3) is 0. The zero-order valence-corrected chi connectivity index (χ0v) is 30.1. The molecule has 0 saturated carbocycles. The topological polar surface area (TPSA) is 65.0 Å². The second-order valence-corrected chi connectivity index (χ2v) is 14.0. The van der Waals surface area contributed by atoms with Crippen LogP contribution in [0.3, 0.4) is 0 Å². The highest BCUT2D eigenvalue weighted by atomic mass is 16.3. The van der Waals surface area contributed by atoms with Crippen LogP contribution in [0, 0.1) is 0 Å². The van der Waals surface area contributed by atoms with Gasteiger partial charge in [-0.2, -0.15) is 0 Å². The van der Waals surface area contributed by atoms with Gasteiger partial charge in [0.2, 0.25) is 0 Å². The standard InChI is InChI=1S/C51H31N3O2/c1-4-14-32(15-5-1)35-20-12-21-37(28-35)50-52-49(34-18-8-3-9-19-34)53-51(54-50)41-23-13-25-45-47(41)40-27-26-36(31-46(40)55-45)38-29-42(33-16-6-2-7-17-33)48-43(30-38)39-22-10-11-24-44(39)56-48/h1-31H. The lowest BCUT2D eigenvalue weighted by molar-refractivity contribution is 0.669. The molecule has 0 aliphatic carbocycles. The van der Waals surface area contributed by atoms with E-state index in [1.807, 2.05) is 66.7 Å². The summed E-state index contributed by atoms with van der Waals surface area (Å²) in [5, 5.41) is 4.13. The van der Waals surface area contributed by atoms with Gasteiger partial charge in [0.25, 0.3) is 0 Å². The third kappa shape index (κ3) is 5.45. The van der Waals surface area contributed by atoms with Crippen LogP contribution in [0.1, 0.15) is 0 Å². The van der Waals surface area contributed by atoms with E-state index in [9.17, 15) is 0 Å². The molecule has 8 aromatic carbocycles. The maximum atomic E-state index is 6.64. The van der Waals surface area contributed by atoms with E-state index in [2.05, 4.69) is 121 Å². The predicted octanol–water partition coefficient (Wildman–Crippen LogP) is 13.7. The van der Waals surface area contributed by atoms with Crippen LogP contribution < -0.4 is 0 Å². The smallest absolute Gasteiger partial charge is 0.164 e. The molecule has 262 valence electrons. The van der Waals surface area contributed by atoms with Gasteiger partial charge in [0.15, 0.2) is 17.5 Å². The fourth-order valence-corrected chi connectivity index (χ4v) is 7.83. The summed E-state index contributed by atoms with van der Waals surface area (Å²) in [6.45, 7) is 0. The van der Waals surface area contributed by atoms with Crippen molar-refractivity contribution in [1.82, 2.24) is 15.0 Å². The Morgan fingerprint density at radius 2 is 0.893 bits per heavy atom. The summed E-state index contributed by atoms with van der Waals surface area (Å²) in [5.74, 6) is 1.80. The Labute approximate surface area is 322 Å². The Hall–Kier alpha value is -7.63. The van der Waals surface area contributed by atoms with Gasteiger partial charge >= 0.3 is 0 Å². The number of hydrogen-bond acceptors (Lipinski definition) is 5. The molecule has 3 heterocycles. The molecule has 5 heteroatoms. The summed E-state index contributed by atoms with van der Waals surface area (Å²) in [6.07, 6.45) is 0. The van der Waals surface area contributed by atoms with Crippen molar-refractivity contribution in [1.29, 1.82) is 0 Å². The van der Waals surface area contributed by atoms with Crippen LogP contribution in [0.25, 0.3) is 111 Å². The number of rotatable bonds is 6. The number of hydrogen-bond donors (Lipinski definition) is 0. The van der Waals surface area contributed by atoms with Crippen LogP contribution in [0.5, 0.6) is 0 Å². The van der Waals surface area contributed by atoms with Crippen molar-refractivity contribution in [3.8, 4) is 67.5 Å². The molecular formula is C51H31N3O2. The lowest BCUT2D eigenvalue weighted by Crippen LogP contribution is -2.00. The first-order chi connectivity index (χ1) is 27.7. The monoisotopic (exact) mass is 717 g/mol. The first-order valence-electron chi connectivity index (χ1n) is 18.7. The lowest BCUT2D eigenvalue weighted by atomic mass is 9.95. The molecule has 0 bridgehead atoms. The van der Waals surface area contributed by atoms with Crippen LogP contribution in [0.2, 0.25) is 0 Å². The summed E-state index contributed by atoms with van der Waals surface area (Å²) in [5.41, 5.74) is 12.5. The van der Waals surface area contributed by atoms with E-state index in [-0.39, 0.29) is 0 Å². The van der Waals surface area contributed by atoms with Gasteiger partial charge in [0.1, 0.15) is 22.3 Å². The lowest BCUT2D eigenvalue weighted by Gasteiger charge is -2.10. The van der Waals surface area contributed by atoms with Crippen molar-refractivity contribution < 1.29 is 8.83 Å². The van der Waals surface area contributed by atoms with E-state index in [0.717, 1.165) is 93.9 Å². The molecule has 0 saturated heterocycles. The molecule has 0 amide bonds. The Morgan fingerprint density at radius 3 is 1.70 bits per heavy atom. The van der Waals surface area contributed by atoms with Gasteiger partial charge in [0, 0.05) is 43.8 Å². The zero-order valence-electron chi connectivity index (χ0n) is 30.1. The largest absolute Gasteiger partial charge is 0.456 e. The number of benzene rings is 8. The quantitative estimate of drug-likeness (QED) is 0.171. The highest BCUT2D eigenvalue weighted by molar-refractivity contribution is 6.14. The van der Waals surface area contributed by atoms with Crippen molar-refractivity contribution in [3.63, 3.8) is 0 Å². The number of fused-ring (bicyclic) bond motifs is 6. The molecule has 3 aromatic heterocycles. The van der Waals surface area contributed by atoms with Crippen molar-refractivity contribution >= 4 is 43.9 Å². The minimum Gasteiger partial charge on any atom is -0.456 e. The Morgan fingerprint density at radius 1 is 0.286 bits per heavy atom. The van der Waals surface area contributed by atoms with Gasteiger partial charge in [-0.3, -0.25) is 0 Å². The Kier molecular flexibility index (Phi) is 7.42. The van der Waals surface area contributed by atoms with Crippen LogP contribution in [0.4, 0.5) is 0 Å². The van der Waals surface area contributed by atoms with E-state index in [1.165, 1.54) is 0 Å². The molecule has 56 heavy (non-hydrogen) atoms. The molecule has 0 radical (unpaired) electrons. The summed E-state index contributed by atoms with van der Waals surface area (Å²) in [4.78, 5) is 15.3. The number of nitrogens with zero attached hydrogens (tertiary/aromatic N) is 3. The molecule has 0 N–H and O–H groups in total. The molecule has 0 unspecified atom stereocenters. The van der Waals surface area contributed by atoms with E-state index in [1.54, 1.807) is 0 Å². The molecule has 0 fully saturated rings. The average Bonchev–Trinajstić information content (AvgIpc) is 3.85. The predicted molar refractivity (Wildman–Crippen MR) is 227 cm³/mol. The summed E-state index contributed by atoms with van der Waals surface area (Å²) in [6, 6.07) is 64.5. The van der Waals surface area contributed by atoms with Gasteiger partial charge < -0.3 is 8.83 Å². The van der Waals surface area contributed by atoms with Gasteiger partial charge in [-0.05, 0) is 70.3 Å². The van der Waals surface area contributed by atoms with E-state index < -0.39 is 0 Å². The highest BCUT2D eigenvalue weighted by Gasteiger charge is 2.20. The normalized spacial score (nSPS) is 11.6.